The Kier molecular flexibility index (Phi) is 5.12. The van der Waals surface area contributed by atoms with Crippen molar-refractivity contribution < 1.29 is 4.79 Å². The first-order chi connectivity index (χ1) is 9.47. The number of fused-ring (bicyclic) bond motifs is 1. The van der Waals surface area contributed by atoms with Gasteiger partial charge in [-0.3, -0.25) is 9.69 Å². The lowest BCUT2D eigenvalue weighted by Gasteiger charge is -2.19. The van der Waals surface area contributed by atoms with Gasteiger partial charge in [0.05, 0.1) is 10.2 Å². The number of nitrogens with zero attached hydrogens (tertiary/aromatic N) is 3. The Balaban J connectivity index is 2.20. The van der Waals surface area contributed by atoms with Crippen molar-refractivity contribution in [3.63, 3.8) is 0 Å². The molecule has 4 nitrogen and oxygen atoms in total. The highest BCUT2D eigenvalue weighted by molar-refractivity contribution is 9.10. The maximum absolute atomic E-state index is 11.8. The molecule has 1 amide bonds. The number of carbonyl (C=O) groups is 1. The van der Waals surface area contributed by atoms with Gasteiger partial charge in [-0.2, -0.15) is 0 Å². The summed E-state index contributed by atoms with van der Waals surface area (Å²) < 4.78 is 2.12. The van der Waals surface area contributed by atoms with Crippen molar-refractivity contribution in [1.29, 1.82) is 0 Å². The molecule has 0 aliphatic heterocycles. The second-order valence-electron chi connectivity index (χ2n) is 4.94. The van der Waals surface area contributed by atoms with E-state index in [1.165, 1.54) is 0 Å². The van der Waals surface area contributed by atoms with Gasteiger partial charge in [-0.25, -0.2) is 4.98 Å². The molecular weight excluding hydrogens is 338 g/mol. The Morgan fingerprint density at radius 3 is 2.75 bits per heavy atom. The lowest BCUT2D eigenvalue weighted by Crippen LogP contribution is -2.31. The Morgan fingerprint density at radius 1 is 1.35 bits per heavy atom. The number of hydrogen-bond donors (Lipinski definition) is 0. The van der Waals surface area contributed by atoms with Crippen molar-refractivity contribution in [2.75, 3.05) is 32.1 Å². The molecule has 0 fully saturated rings. The summed E-state index contributed by atoms with van der Waals surface area (Å²) in [4.78, 5) is 20.3. The van der Waals surface area contributed by atoms with Crippen molar-refractivity contribution in [1.82, 2.24) is 9.88 Å². The largest absolute Gasteiger partial charge is 0.309 e. The summed E-state index contributed by atoms with van der Waals surface area (Å²) in [5.74, 6) is 0.0434. The Hall–Kier alpha value is -0.980. The van der Waals surface area contributed by atoms with E-state index in [2.05, 4.69) is 25.8 Å². The van der Waals surface area contributed by atoms with Crippen LogP contribution in [0.15, 0.2) is 22.7 Å². The molecule has 2 rings (SSSR count). The molecule has 0 spiro atoms. The predicted molar refractivity (Wildman–Crippen MR) is 88.5 cm³/mol. The molecule has 0 saturated heterocycles. The fraction of sp³-hybridized carbons (Fsp3) is 0.429. The van der Waals surface area contributed by atoms with Crippen molar-refractivity contribution in [3.8, 4) is 0 Å². The van der Waals surface area contributed by atoms with E-state index < -0.39 is 0 Å². The van der Waals surface area contributed by atoms with Gasteiger partial charge in [0.1, 0.15) is 0 Å². The van der Waals surface area contributed by atoms with E-state index >= 15 is 0 Å². The lowest BCUT2D eigenvalue weighted by molar-refractivity contribution is -0.116. The van der Waals surface area contributed by atoms with Crippen LogP contribution in [-0.2, 0) is 4.79 Å². The molecule has 1 aromatic carbocycles. The molecule has 0 atom stereocenters. The van der Waals surface area contributed by atoms with Crippen molar-refractivity contribution in [2.24, 2.45) is 0 Å². The minimum absolute atomic E-state index is 0.0434. The van der Waals surface area contributed by atoms with E-state index in [0.717, 1.165) is 32.8 Å². The van der Waals surface area contributed by atoms with Crippen LogP contribution in [0.4, 0.5) is 5.13 Å². The SMILES string of the molecule is CC(=O)N(CCCN(C)C)c1nc2ccc(Br)cc2s1. The fourth-order valence-electron chi connectivity index (χ4n) is 1.93. The number of rotatable bonds is 5. The summed E-state index contributed by atoms with van der Waals surface area (Å²) in [5.41, 5.74) is 0.937. The van der Waals surface area contributed by atoms with E-state index in [0.29, 0.717) is 6.54 Å². The van der Waals surface area contributed by atoms with Gasteiger partial charge in [0.25, 0.3) is 0 Å². The second-order valence-corrected chi connectivity index (χ2v) is 6.86. The van der Waals surface area contributed by atoms with Gasteiger partial charge in [-0.1, -0.05) is 27.3 Å². The number of aromatic nitrogens is 1. The van der Waals surface area contributed by atoms with E-state index in [1.807, 2.05) is 32.3 Å². The highest BCUT2D eigenvalue weighted by Crippen LogP contribution is 2.31. The van der Waals surface area contributed by atoms with Crippen molar-refractivity contribution in [2.45, 2.75) is 13.3 Å². The molecule has 0 saturated carbocycles. The molecule has 0 bridgehead atoms. The molecule has 0 radical (unpaired) electrons. The summed E-state index contributed by atoms with van der Waals surface area (Å²) in [6.07, 6.45) is 0.937. The molecule has 1 aromatic heterocycles. The summed E-state index contributed by atoms with van der Waals surface area (Å²) >= 11 is 5.02. The van der Waals surface area contributed by atoms with E-state index in [9.17, 15) is 4.79 Å². The number of hydrogen-bond acceptors (Lipinski definition) is 4. The zero-order valence-electron chi connectivity index (χ0n) is 11.9. The van der Waals surface area contributed by atoms with Crippen LogP contribution in [0.1, 0.15) is 13.3 Å². The number of benzene rings is 1. The minimum atomic E-state index is 0.0434. The number of thiazole rings is 1. The first kappa shape index (κ1) is 15.4. The van der Waals surface area contributed by atoms with E-state index in [4.69, 9.17) is 0 Å². The molecule has 0 unspecified atom stereocenters. The molecule has 0 aliphatic rings. The van der Waals surface area contributed by atoms with Crippen LogP contribution in [0.3, 0.4) is 0 Å². The summed E-state index contributed by atoms with van der Waals surface area (Å²) in [7, 11) is 4.07. The fourth-order valence-corrected chi connectivity index (χ4v) is 3.52. The van der Waals surface area contributed by atoms with Gasteiger partial charge >= 0.3 is 0 Å². The standard InChI is InChI=1S/C14H18BrN3OS/c1-10(19)18(8-4-7-17(2)3)14-16-12-6-5-11(15)9-13(12)20-14/h5-6,9H,4,7-8H2,1-3H3. The monoisotopic (exact) mass is 355 g/mol. The number of amides is 1. The smallest absolute Gasteiger partial charge is 0.225 e. The average Bonchev–Trinajstić information content (AvgIpc) is 2.76. The van der Waals surface area contributed by atoms with Crippen LogP contribution in [0.25, 0.3) is 10.2 Å². The summed E-state index contributed by atoms with van der Waals surface area (Å²) in [6.45, 7) is 3.26. The van der Waals surface area contributed by atoms with Crippen LogP contribution < -0.4 is 4.90 Å². The van der Waals surface area contributed by atoms with Gasteiger partial charge in [0, 0.05) is 17.9 Å². The third-order valence-electron chi connectivity index (χ3n) is 2.94. The molecule has 0 aliphatic carbocycles. The Morgan fingerprint density at radius 2 is 2.10 bits per heavy atom. The lowest BCUT2D eigenvalue weighted by atomic mass is 10.3. The molecule has 20 heavy (non-hydrogen) atoms. The summed E-state index contributed by atoms with van der Waals surface area (Å²) in [6, 6.07) is 5.97. The third-order valence-corrected chi connectivity index (χ3v) is 4.47. The van der Waals surface area contributed by atoms with Crippen LogP contribution in [0, 0.1) is 0 Å². The van der Waals surface area contributed by atoms with Gasteiger partial charge < -0.3 is 4.90 Å². The van der Waals surface area contributed by atoms with Gasteiger partial charge in [0.2, 0.25) is 5.91 Å². The Labute approximate surface area is 131 Å². The zero-order valence-corrected chi connectivity index (χ0v) is 14.3. The molecule has 108 valence electrons. The maximum Gasteiger partial charge on any atom is 0.225 e. The first-order valence-corrected chi connectivity index (χ1v) is 8.07. The number of halogens is 1. The molecular formula is C14H18BrN3OS. The minimum Gasteiger partial charge on any atom is -0.309 e. The van der Waals surface area contributed by atoms with E-state index in [1.54, 1.807) is 23.2 Å². The van der Waals surface area contributed by atoms with Crippen LogP contribution in [-0.4, -0.2) is 43.0 Å². The molecule has 1 heterocycles. The predicted octanol–water partition coefficient (Wildman–Crippen LogP) is 3.36. The zero-order chi connectivity index (χ0) is 14.7. The van der Waals surface area contributed by atoms with Crippen LogP contribution in [0.5, 0.6) is 0 Å². The summed E-state index contributed by atoms with van der Waals surface area (Å²) in [5, 5.41) is 0.782. The number of carbonyl (C=O) groups excluding carboxylic acids is 1. The average molecular weight is 356 g/mol. The topological polar surface area (TPSA) is 36.4 Å². The van der Waals surface area contributed by atoms with Crippen LogP contribution >= 0.6 is 27.3 Å². The van der Waals surface area contributed by atoms with Crippen molar-refractivity contribution in [3.05, 3.63) is 22.7 Å². The van der Waals surface area contributed by atoms with Gasteiger partial charge in [-0.05, 0) is 45.3 Å². The van der Waals surface area contributed by atoms with Gasteiger partial charge in [0.15, 0.2) is 5.13 Å². The quantitative estimate of drug-likeness (QED) is 0.824. The highest BCUT2D eigenvalue weighted by atomic mass is 79.9. The van der Waals surface area contributed by atoms with Gasteiger partial charge in [-0.15, -0.1) is 0 Å². The number of anilines is 1. The molecule has 6 heteroatoms. The van der Waals surface area contributed by atoms with Crippen molar-refractivity contribution >= 4 is 48.5 Å². The highest BCUT2D eigenvalue weighted by Gasteiger charge is 2.16. The Bertz CT molecular complexity index is 611. The third kappa shape index (κ3) is 3.77. The van der Waals surface area contributed by atoms with Crippen LogP contribution in [0.2, 0.25) is 0 Å². The first-order valence-electron chi connectivity index (χ1n) is 6.46. The molecule has 2 aromatic rings. The second kappa shape index (κ2) is 6.65. The maximum atomic E-state index is 11.8. The van der Waals surface area contributed by atoms with E-state index in [-0.39, 0.29) is 5.91 Å². The molecule has 0 N–H and O–H groups in total. The normalized spacial score (nSPS) is 11.2.